The van der Waals surface area contributed by atoms with Crippen LogP contribution in [0.5, 0.6) is 0 Å². The highest BCUT2D eigenvalue weighted by Gasteiger charge is 2.33. The molecule has 29 heavy (non-hydrogen) atoms. The van der Waals surface area contributed by atoms with E-state index >= 15 is 0 Å². The third-order valence-corrected chi connectivity index (χ3v) is 7.66. The number of nitrogens with zero attached hydrogens (tertiary/aromatic N) is 1. The van der Waals surface area contributed by atoms with E-state index in [1.165, 1.54) is 4.31 Å². The molecule has 2 aromatic rings. The lowest BCUT2D eigenvalue weighted by Gasteiger charge is -2.31. The smallest absolute Gasteiger partial charge is 0.228 e. The maximum atomic E-state index is 13.0. The fourth-order valence-electron chi connectivity index (χ4n) is 3.54. The second-order valence-corrected chi connectivity index (χ2v) is 10.2. The van der Waals surface area contributed by atoms with Crippen molar-refractivity contribution in [2.75, 3.05) is 18.4 Å². The molecule has 0 spiro atoms. The first-order valence-corrected chi connectivity index (χ1v) is 11.8. The van der Waals surface area contributed by atoms with Crippen LogP contribution in [0.2, 0.25) is 10.0 Å². The summed E-state index contributed by atoms with van der Waals surface area (Å²) in [4.78, 5) is 12.8. The van der Waals surface area contributed by atoms with Crippen LogP contribution in [0.1, 0.15) is 29.5 Å². The zero-order chi connectivity index (χ0) is 21.2. The van der Waals surface area contributed by atoms with E-state index in [-0.39, 0.29) is 18.2 Å². The van der Waals surface area contributed by atoms with Gasteiger partial charge in [0.1, 0.15) is 0 Å². The van der Waals surface area contributed by atoms with Crippen LogP contribution in [-0.4, -0.2) is 31.7 Å². The molecule has 1 amide bonds. The average molecular weight is 455 g/mol. The van der Waals surface area contributed by atoms with Crippen molar-refractivity contribution < 1.29 is 13.2 Å². The molecule has 0 saturated carbocycles. The van der Waals surface area contributed by atoms with E-state index in [0.29, 0.717) is 35.0 Å². The lowest BCUT2D eigenvalue weighted by atomic mass is 9.98. The molecule has 5 nitrogen and oxygen atoms in total. The summed E-state index contributed by atoms with van der Waals surface area (Å²) in [5.74, 6) is -0.842. The first-order chi connectivity index (χ1) is 13.7. The molecule has 1 unspecified atom stereocenters. The van der Waals surface area contributed by atoms with Gasteiger partial charge >= 0.3 is 0 Å². The van der Waals surface area contributed by atoms with Gasteiger partial charge in [0.05, 0.1) is 11.7 Å². The molecule has 0 aliphatic carbocycles. The van der Waals surface area contributed by atoms with Gasteiger partial charge in [-0.3, -0.25) is 4.79 Å². The van der Waals surface area contributed by atoms with Crippen molar-refractivity contribution in [3.8, 4) is 0 Å². The summed E-state index contributed by atoms with van der Waals surface area (Å²) in [5.41, 5.74) is 3.24. The Bertz CT molecular complexity index is 1000. The molecule has 156 valence electrons. The molecule has 0 radical (unpaired) electrons. The van der Waals surface area contributed by atoms with Gasteiger partial charge in [0.15, 0.2) is 0 Å². The summed E-state index contributed by atoms with van der Waals surface area (Å²) in [6.45, 7) is 4.47. The Kier molecular flexibility index (Phi) is 6.89. The number of amides is 1. The minimum atomic E-state index is -3.65. The number of anilines is 1. The van der Waals surface area contributed by atoms with Crippen molar-refractivity contribution >= 4 is 44.8 Å². The molecule has 1 aliphatic heterocycles. The van der Waals surface area contributed by atoms with Crippen molar-refractivity contribution in [2.24, 2.45) is 5.92 Å². The third kappa shape index (κ3) is 5.31. The van der Waals surface area contributed by atoms with Gasteiger partial charge in [-0.2, -0.15) is 0 Å². The lowest BCUT2D eigenvalue weighted by Crippen LogP contribution is -2.44. The van der Waals surface area contributed by atoms with Crippen LogP contribution in [0, 0.1) is 19.8 Å². The summed E-state index contributed by atoms with van der Waals surface area (Å²) < 4.78 is 27.3. The predicted octanol–water partition coefficient (Wildman–Crippen LogP) is 4.79. The van der Waals surface area contributed by atoms with Gasteiger partial charge in [0.2, 0.25) is 15.9 Å². The predicted molar refractivity (Wildman–Crippen MR) is 118 cm³/mol. The van der Waals surface area contributed by atoms with Crippen molar-refractivity contribution in [3.05, 3.63) is 63.1 Å². The van der Waals surface area contributed by atoms with Crippen LogP contribution in [0.3, 0.4) is 0 Å². The maximum absolute atomic E-state index is 13.0. The quantitative estimate of drug-likeness (QED) is 0.705. The van der Waals surface area contributed by atoms with E-state index in [2.05, 4.69) is 5.32 Å². The molecule has 1 aliphatic rings. The van der Waals surface area contributed by atoms with Crippen LogP contribution in [0.15, 0.2) is 36.4 Å². The minimum absolute atomic E-state index is 0.154. The fraction of sp³-hybridized carbons (Fsp3) is 0.381. The zero-order valence-corrected chi connectivity index (χ0v) is 18.7. The van der Waals surface area contributed by atoms with E-state index in [4.69, 9.17) is 23.2 Å². The Morgan fingerprint density at radius 2 is 1.86 bits per heavy atom. The van der Waals surface area contributed by atoms with Crippen molar-refractivity contribution in [1.29, 1.82) is 0 Å². The highest BCUT2D eigenvalue weighted by molar-refractivity contribution is 7.88. The molecule has 3 rings (SSSR count). The van der Waals surface area contributed by atoms with Gasteiger partial charge in [-0.25, -0.2) is 12.7 Å². The maximum Gasteiger partial charge on any atom is 0.228 e. The number of halogens is 2. The number of benzene rings is 2. The first kappa shape index (κ1) is 22.1. The summed E-state index contributed by atoms with van der Waals surface area (Å²) >= 11 is 12.3. The number of sulfonamides is 1. The highest BCUT2D eigenvalue weighted by atomic mass is 35.5. The van der Waals surface area contributed by atoms with Gasteiger partial charge < -0.3 is 5.32 Å². The SMILES string of the molecule is Cc1ccc(NC(=O)C2CCCN(S(=O)(=O)Cc3c(Cl)cccc3Cl)C2)c(C)c1. The van der Waals surface area contributed by atoms with E-state index in [0.717, 1.165) is 16.8 Å². The average Bonchev–Trinajstić information content (AvgIpc) is 2.67. The number of hydrogen-bond acceptors (Lipinski definition) is 3. The van der Waals surface area contributed by atoms with Crippen molar-refractivity contribution in [3.63, 3.8) is 0 Å². The summed E-state index contributed by atoms with van der Waals surface area (Å²) in [5, 5.41) is 3.59. The number of carbonyl (C=O) groups is 1. The van der Waals surface area contributed by atoms with Crippen LogP contribution in [-0.2, 0) is 20.6 Å². The first-order valence-electron chi connectivity index (χ1n) is 9.46. The van der Waals surface area contributed by atoms with E-state index in [1.54, 1.807) is 18.2 Å². The number of carbonyl (C=O) groups excluding carboxylic acids is 1. The molecule has 1 N–H and O–H groups in total. The van der Waals surface area contributed by atoms with Gasteiger partial charge in [0.25, 0.3) is 0 Å². The fourth-order valence-corrected chi connectivity index (χ4v) is 5.90. The third-order valence-electron chi connectivity index (χ3n) is 5.18. The topological polar surface area (TPSA) is 66.5 Å². The van der Waals surface area contributed by atoms with Crippen molar-refractivity contribution in [2.45, 2.75) is 32.4 Å². The molecule has 0 aromatic heterocycles. The largest absolute Gasteiger partial charge is 0.326 e. The van der Waals surface area contributed by atoms with E-state index in [1.807, 2.05) is 32.0 Å². The Morgan fingerprint density at radius 1 is 1.17 bits per heavy atom. The Balaban J connectivity index is 1.71. The van der Waals surface area contributed by atoms with Crippen LogP contribution in [0.25, 0.3) is 0 Å². The van der Waals surface area contributed by atoms with E-state index < -0.39 is 15.9 Å². The molecule has 8 heteroatoms. The molecular weight excluding hydrogens is 431 g/mol. The van der Waals surface area contributed by atoms with E-state index in [9.17, 15) is 13.2 Å². The van der Waals surface area contributed by atoms with Gasteiger partial charge in [-0.1, -0.05) is 47.0 Å². The molecule has 2 aromatic carbocycles. The van der Waals surface area contributed by atoms with Crippen LogP contribution in [0.4, 0.5) is 5.69 Å². The Labute approximate surface area is 182 Å². The number of piperidine rings is 1. The second-order valence-electron chi connectivity index (χ2n) is 7.46. The number of aryl methyl sites for hydroxylation is 2. The van der Waals surface area contributed by atoms with Crippen molar-refractivity contribution in [1.82, 2.24) is 4.31 Å². The molecule has 1 heterocycles. The molecule has 1 atom stereocenters. The zero-order valence-electron chi connectivity index (χ0n) is 16.4. The van der Waals surface area contributed by atoms with Crippen LogP contribution < -0.4 is 5.32 Å². The molecule has 1 fully saturated rings. The molecule has 1 saturated heterocycles. The van der Waals surface area contributed by atoms with Gasteiger partial charge in [0, 0.05) is 34.4 Å². The highest BCUT2D eigenvalue weighted by Crippen LogP contribution is 2.29. The van der Waals surface area contributed by atoms with Gasteiger partial charge in [-0.15, -0.1) is 0 Å². The minimum Gasteiger partial charge on any atom is -0.326 e. The Morgan fingerprint density at radius 3 is 2.52 bits per heavy atom. The van der Waals surface area contributed by atoms with Crippen LogP contribution >= 0.6 is 23.2 Å². The number of nitrogens with one attached hydrogen (secondary N) is 1. The second kappa shape index (κ2) is 9.04. The number of hydrogen-bond donors (Lipinski definition) is 1. The monoisotopic (exact) mass is 454 g/mol. The summed E-state index contributed by atoms with van der Waals surface area (Å²) in [6, 6.07) is 10.7. The summed E-state index contributed by atoms with van der Waals surface area (Å²) in [7, 11) is -3.65. The molecule has 0 bridgehead atoms. The normalized spacial score (nSPS) is 17.9. The Hall–Kier alpha value is -1.60. The standard InChI is InChI=1S/C21H24Cl2N2O3S/c1-14-8-9-20(15(2)11-14)24-21(26)16-5-4-10-25(12-16)29(27,28)13-17-18(22)6-3-7-19(17)23/h3,6-9,11,16H,4-5,10,12-13H2,1-2H3,(H,24,26). The lowest BCUT2D eigenvalue weighted by molar-refractivity contribution is -0.120. The molecular formula is C21H24Cl2N2O3S. The number of rotatable bonds is 5. The summed E-state index contributed by atoms with van der Waals surface area (Å²) in [6.07, 6.45) is 1.27. The van der Waals surface area contributed by atoms with Gasteiger partial charge in [-0.05, 0) is 50.5 Å².